The Morgan fingerprint density at radius 2 is 2.25 bits per heavy atom. The van der Waals surface area contributed by atoms with Gasteiger partial charge in [0.05, 0.1) is 23.1 Å². The first-order chi connectivity index (χ1) is 9.78. The molecule has 1 aromatic heterocycles. The molecule has 20 heavy (non-hydrogen) atoms. The summed E-state index contributed by atoms with van der Waals surface area (Å²) in [5, 5.41) is 4.66. The van der Waals surface area contributed by atoms with Gasteiger partial charge in [0.25, 0.3) is 0 Å². The fraction of sp³-hybridized carbons (Fsp3) is 0.438. The zero-order valence-electron chi connectivity index (χ0n) is 12.0. The number of benzene rings is 1. The average molecular weight is 270 g/mol. The quantitative estimate of drug-likeness (QED) is 0.896. The summed E-state index contributed by atoms with van der Waals surface area (Å²) >= 11 is 0. The van der Waals surface area contributed by atoms with E-state index in [1.165, 1.54) is 19.5 Å². The van der Waals surface area contributed by atoms with E-state index in [4.69, 9.17) is 5.73 Å². The summed E-state index contributed by atoms with van der Waals surface area (Å²) in [6, 6.07) is 8.14. The van der Waals surface area contributed by atoms with Crippen LogP contribution in [0.15, 0.2) is 30.5 Å². The number of nitrogens with one attached hydrogen (secondary N) is 1. The summed E-state index contributed by atoms with van der Waals surface area (Å²) in [6.07, 6.45) is 3.02. The lowest BCUT2D eigenvalue weighted by Gasteiger charge is -2.16. The third-order valence-corrected chi connectivity index (χ3v) is 4.19. The average Bonchev–Trinajstić information content (AvgIpc) is 2.94. The number of hydrogen-bond donors (Lipinski definition) is 2. The molecule has 0 amide bonds. The zero-order chi connectivity index (χ0) is 13.9. The number of anilines is 2. The molecule has 1 aliphatic heterocycles. The molecule has 1 saturated heterocycles. The number of fused-ring (bicyclic) bond motifs is 1. The van der Waals surface area contributed by atoms with Gasteiger partial charge < -0.3 is 16.0 Å². The van der Waals surface area contributed by atoms with Gasteiger partial charge in [0.2, 0.25) is 0 Å². The lowest BCUT2D eigenvalue weighted by molar-refractivity contribution is 0.345. The molecule has 4 heteroatoms. The second-order valence-corrected chi connectivity index (χ2v) is 5.53. The van der Waals surface area contributed by atoms with Crippen LogP contribution in [0.1, 0.15) is 13.3 Å². The summed E-state index contributed by atoms with van der Waals surface area (Å²) in [7, 11) is 0. The smallest absolute Gasteiger partial charge is 0.0743 e. The van der Waals surface area contributed by atoms with Crippen LogP contribution in [0.2, 0.25) is 0 Å². The third-order valence-electron chi connectivity index (χ3n) is 4.19. The van der Waals surface area contributed by atoms with Gasteiger partial charge >= 0.3 is 0 Å². The van der Waals surface area contributed by atoms with Crippen molar-refractivity contribution in [2.45, 2.75) is 13.3 Å². The van der Waals surface area contributed by atoms with Crippen molar-refractivity contribution in [3.63, 3.8) is 0 Å². The minimum Gasteiger partial charge on any atom is -0.396 e. The lowest BCUT2D eigenvalue weighted by Crippen LogP contribution is -2.22. The standard InChI is InChI=1S/C16H22N4/c1-2-20-8-7-12(11-20)9-19-16-13-5-3-4-6-15(13)18-10-14(16)17/h3-6,10,12H,2,7-9,11,17H2,1H3,(H,18,19). The Labute approximate surface area is 120 Å². The molecule has 3 rings (SSSR count). The number of para-hydroxylation sites is 1. The van der Waals surface area contributed by atoms with E-state index in [0.29, 0.717) is 5.92 Å². The Kier molecular flexibility index (Phi) is 3.74. The number of rotatable bonds is 4. The van der Waals surface area contributed by atoms with Gasteiger partial charge in [-0.3, -0.25) is 4.98 Å². The van der Waals surface area contributed by atoms with Crippen molar-refractivity contribution in [1.82, 2.24) is 9.88 Å². The Balaban J connectivity index is 1.76. The van der Waals surface area contributed by atoms with Crippen molar-refractivity contribution in [2.24, 2.45) is 5.92 Å². The molecule has 0 aliphatic carbocycles. The molecule has 1 atom stereocenters. The molecule has 0 radical (unpaired) electrons. The molecular weight excluding hydrogens is 248 g/mol. The highest BCUT2D eigenvalue weighted by Gasteiger charge is 2.21. The second-order valence-electron chi connectivity index (χ2n) is 5.53. The van der Waals surface area contributed by atoms with Gasteiger partial charge in [-0.15, -0.1) is 0 Å². The van der Waals surface area contributed by atoms with Gasteiger partial charge in [-0.05, 0) is 31.5 Å². The number of likely N-dealkylation sites (tertiary alicyclic amines) is 1. The molecule has 1 aliphatic rings. The molecule has 0 bridgehead atoms. The maximum absolute atomic E-state index is 6.09. The van der Waals surface area contributed by atoms with E-state index < -0.39 is 0 Å². The molecule has 1 aromatic carbocycles. The molecule has 106 valence electrons. The predicted molar refractivity (Wildman–Crippen MR) is 84.9 cm³/mol. The van der Waals surface area contributed by atoms with Crippen LogP contribution in [0.5, 0.6) is 0 Å². The van der Waals surface area contributed by atoms with E-state index >= 15 is 0 Å². The van der Waals surface area contributed by atoms with Crippen LogP contribution in [0, 0.1) is 5.92 Å². The molecule has 4 nitrogen and oxygen atoms in total. The van der Waals surface area contributed by atoms with Crippen molar-refractivity contribution in [3.05, 3.63) is 30.5 Å². The molecule has 1 fully saturated rings. The molecular formula is C16H22N4. The Hall–Kier alpha value is -1.81. The number of nitrogens with zero attached hydrogens (tertiary/aromatic N) is 2. The van der Waals surface area contributed by atoms with E-state index in [0.717, 1.165) is 35.4 Å². The van der Waals surface area contributed by atoms with Crippen molar-refractivity contribution in [1.29, 1.82) is 0 Å². The Morgan fingerprint density at radius 3 is 3.05 bits per heavy atom. The van der Waals surface area contributed by atoms with Crippen LogP contribution in [-0.4, -0.2) is 36.1 Å². The maximum Gasteiger partial charge on any atom is 0.0743 e. The fourth-order valence-corrected chi connectivity index (χ4v) is 2.97. The largest absolute Gasteiger partial charge is 0.396 e. The second kappa shape index (κ2) is 5.67. The van der Waals surface area contributed by atoms with Gasteiger partial charge in [0, 0.05) is 18.5 Å². The summed E-state index contributed by atoms with van der Waals surface area (Å²) in [6.45, 7) is 6.76. The molecule has 1 unspecified atom stereocenters. The summed E-state index contributed by atoms with van der Waals surface area (Å²) in [5.74, 6) is 0.710. The number of nitrogens with two attached hydrogens (primary N) is 1. The summed E-state index contributed by atoms with van der Waals surface area (Å²) < 4.78 is 0. The van der Waals surface area contributed by atoms with Gasteiger partial charge in [0.15, 0.2) is 0 Å². The van der Waals surface area contributed by atoms with Crippen LogP contribution in [0.3, 0.4) is 0 Å². The molecule has 2 heterocycles. The monoisotopic (exact) mass is 270 g/mol. The molecule has 0 saturated carbocycles. The maximum atomic E-state index is 6.09. The highest BCUT2D eigenvalue weighted by Crippen LogP contribution is 2.28. The molecule has 3 N–H and O–H groups in total. The topological polar surface area (TPSA) is 54.2 Å². The third kappa shape index (κ3) is 2.56. The minimum atomic E-state index is 0.710. The summed E-state index contributed by atoms with van der Waals surface area (Å²) in [5.41, 5.74) is 8.84. The van der Waals surface area contributed by atoms with Crippen LogP contribution < -0.4 is 11.1 Å². The SMILES string of the molecule is CCN1CCC(CNc2c(N)cnc3ccccc23)C1. The van der Waals surface area contributed by atoms with Gasteiger partial charge in [-0.1, -0.05) is 25.1 Å². The van der Waals surface area contributed by atoms with Crippen molar-refractivity contribution in [2.75, 3.05) is 37.2 Å². The number of hydrogen-bond acceptors (Lipinski definition) is 4. The first-order valence-corrected chi connectivity index (χ1v) is 7.37. The molecule has 0 spiro atoms. The van der Waals surface area contributed by atoms with Gasteiger partial charge in [0.1, 0.15) is 0 Å². The van der Waals surface area contributed by atoms with Crippen LogP contribution in [0.4, 0.5) is 11.4 Å². The van der Waals surface area contributed by atoms with Crippen molar-refractivity contribution >= 4 is 22.3 Å². The Bertz CT molecular complexity index is 596. The highest BCUT2D eigenvalue weighted by molar-refractivity contribution is 5.96. The van der Waals surface area contributed by atoms with Crippen LogP contribution in [-0.2, 0) is 0 Å². The Morgan fingerprint density at radius 1 is 1.40 bits per heavy atom. The first-order valence-electron chi connectivity index (χ1n) is 7.37. The van der Waals surface area contributed by atoms with E-state index in [9.17, 15) is 0 Å². The number of nitrogen functional groups attached to an aromatic ring is 1. The van der Waals surface area contributed by atoms with E-state index in [-0.39, 0.29) is 0 Å². The van der Waals surface area contributed by atoms with Gasteiger partial charge in [-0.2, -0.15) is 0 Å². The van der Waals surface area contributed by atoms with Crippen molar-refractivity contribution < 1.29 is 0 Å². The first kappa shape index (κ1) is 13.2. The molecule has 2 aromatic rings. The van der Waals surface area contributed by atoms with Crippen molar-refractivity contribution in [3.8, 4) is 0 Å². The van der Waals surface area contributed by atoms with E-state index in [2.05, 4.69) is 28.2 Å². The van der Waals surface area contributed by atoms with Crippen LogP contribution in [0.25, 0.3) is 10.9 Å². The minimum absolute atomic E-state index is 0.710. The lowest BCUT2D eigenvalue weighted by atomic mass is 10.1. The van der Waals surface area contributed by atoms with Gasteiger partial charge in [-0.25, -0.2) is 0 Å². The van der Waals surface area contributed by atoms with E-state index in [1.807, 2.05) is 18.2 Å². The van der Waals surface area contributed by atoms with Crippen LogP contribution >= 0.6 is 0 Å². The highest BCUT2D eigenvalue weighted by atomic mass is 15.1. The zero-order valence-corrected chi connectivity index (χ0v) is 12.0. The number of pyridine rings is 1. The summed E-state index contributed by atoms with van der Waals surface area (Å²) in [4.78, 5) is 6.87. The number of aromatic nitrogens is 1. The predicted octanol–water partition coefficient (Wildman–Crippen LogP) is 2.57. The fourth-order valence-electron chi connectivity index (χ4n) is 2.97. The normalized spacial score (nSPS) is 19.6. The van der Waals surface area contributed by atoms with E-state index in [1.54, 1.807) is 6.20 Å².